The van der Waals surface area contributed by atoms with Crippen molar-refractivity contribution in [3.63, 3.8) is 0 Å². The van der Waals surface area contributed by atoms with Crippen LogP contribution in [0.5, 0.6) is 0 Å². The van der Waals surface area contributed by atoms with Crippen molar-refractivity contribution in [3.8, 4) is 0 Å². The van der Waals surface area contributed by atoms with Crippen molar-refractivity contribution in [2.45, 2.75) is 24.7 Å². The van der Waals surface area contributed by atoms with E-state index in [2.05, 4.69) is 4.98 Å². The van der Waals surface area contributed by atoms with E-state index < -0.39 is 9.73 Å². The molecule has 0 aromatic carbocycles. The molecule has 0 radical (unpaired) electrons. The van der Waals surface area contributed by atoms with E-state index in [1.165, 1.54) is 6.20 Å². The predicted octanol–water partition coefficient (Wildman–Crippen LogP) is 1.60. The Hall–Kier alpha value is -0.940. The van der Waals surface area contributed by atoms with Crippen molar-refractivity contribution < 1.29 is 9.32 Å². The topological polar surface area (TPSA) is 74.0 Å². The van der Waals surface area contributed by atoms with Gasteiger partial charge in [-0.05, 0) is 17.5 Å². The summed E-state index contributed by atoms with van der Waals surface area (Å²) < 4.78 is 19.5. The summed E-state index contributed by atoms with van der Waals surface area (Å²) in [6.45, 7) is 3.78. The number of aliphatic hydroxyl groups is 1. The Morgan fingerprint density at radius 2 is 2.20 bits per heavy atom. The van der Waals surface area contributed by atoms with Crippen molar-refractivity contribution >= 4 is 9.73 Å². The second-order valence-electron chi connectivity index (χ2n) is 3.71. The van der Waals surface area contributed by atoms with Crippen LogP contribution < -0.4 is 0 Å². The van der Waals surface area contributed by atoms with Gasteiger partial charge in [0.1, 0.15) is 0 Å². The number of aliphatic hydroxyl groups excluding tert-OH is 1. The first kappa shape index (κ1) is 12.1. The van der Waals surface area contributed by atoms with Gasteiger partial charge in [0, 0.05) is 12.4 Å². The standard InChI is InChI=1S/C10H16N2O2S/c1-8(2)9-5-10(7-12-6-9)15(11,14)4-3-13/h5-8,11,13H,3-4H2,1-2H3. The SMILES string of the molecule is CC(C)c1cncc(S(=N)(=O)CCO)c1. The highest BCUT2D eigenvalue weighted by atomic mass is 32.2. The maximum atomic E-state index is 11.8. The van der Waals surface area contributed by atoms with Crippen LogP contribution in [0.1, 0.15) is 25.3 Å². The Kier molecular flexibility index (Phi) is 3.82. The third-order valence-corrected chi connectivity index (χ3v) is 3.90. The van der Waals surface area contributed by atoms with Gasteiger partial charge in [-0.2, -0.15) is 0 Å². The van der Waals surface area contributed by atoms with E-state index >= 15 is 0 Å². The van der Waals surface area contributed by atoms with E-state index in [-0.39, 0.29) is 12.4 Å². The Balaban J connectivity index is 3.11. The van der Waals surface area contributed by atoms with E-state index in [1.807, 2.05) is 13.8 Å². The van der Waals surface area contributed by atoms with Crippen molar-refractivity contribution in [2.24, 2.45) is 0 Å². The Bertz CT molecular complexity index is 427. The molecule has 4 nitrogen and oxygen atoms in total. The van der Waals surface area contributed by atoms with Crippen LogP contribution in [0, 0.1) is 4.78 Å². The Morgan fingerprint density at radius 1 is 1.53 bits per heavy atom. The van der Waals surface area contributed by atoms with E-state index in [0.717, 1.165) is 5.56 Å². The van der Waals surface area contributed by atoms with Gasteiger partial charge in [0.15, 0.2) is 0 Å². The van der Waals surface area contributed by atoms with Crippen molar-refractivity contribution in [3.05, 3.63) is 24.0 Å². The van der Waals surface area contributed by atoms with Crippen LogP contribution in [-0.4, -0.2) is 26.7 Å². The molecule has 0 saturated heterocycles. The number of aromatic nitrogens is 1. The monoisotopic (exact) mass is 228 g/mol. The number of hydrogen-bond acceptors (Lipinski definition) is 4. The lowest BCUT2D eigenvalue weighted by atomic mass is 10.1. The number of hydrogen-bond donors (Lipinski definition) is 2. The van der Waals surface area contributed by atoms with Crippen LogP contribution in [0.3, 0.4) is 0 Å². The molecule has 2 N–H and O–H groups in total. The van der Waals surface area contributed by atoms with Crippen molar-refractivity contribution in [1.29, 1.82) is 4.78 Å². The molecule has 1 atom stereocenters. The largest absolute Gasteiger partial charge is 0.395 e. The number of pyridine rings is 1. The summed E-state index contributed by atoms with van der Waals surface area (Å²) in [5.74, 6) is 0.262. The molecule has 5 heteroatoms. The zero-order chi connectivity index (χ0) is 11.5. The molecule has 0 fully saturated rings. The minimum absolute atomic E-state index is 0.0315. The van der Waals surface area contributed by atoms with Crippen LogP contribution in [0.25, 0.3) is 0 Å². The minimum atomic E-state index is -2.88. The zero-order valence-corrected chi connectivity index (χ0v) is 9.75. The molecule has 1 rings (SSSR count). The molecule has 0 spiro atoms. The second kappa shape index (κ2) is 4.72. The Morgan fingerprint density at radius 3 is 2.73 bits per heavy atom. The summed E-state index contributed by atoms with van der Waals surface area (Å²) in [7, 11) is -2.88. The van der Waals surface area contributed by atoms with Crippen LogP contribution in [0.4, 0.5) is 0 Å². The predicted molar refractivity (Wildman–Crippen MR) is 59.4 cm³/mol. The number of nitrogens with one attached hydrogen (secondary N) is 1. The van der Waals surface area contributed by atoms with Gasteiger partial charge < -0.3 is 5.11 Å². The number of nitrogens with zero attached hydrogens (tertiary/aromatic N) is 1. The van der Waals surface area contributed by atoms with E-state index in [9.17, 15) is 4.21 Å². The maximum absolute atomic E-state index is 11.8. The van der Waals surface area contributed by atoms with Gasteiger partial charge in [-0.3, -0.25) is 4.98 Å². The third kappa shape index (κ3) is 3.00. The van der Waals surface area contributed by atoms with Gasteiger partial charge in [0.25, 0.3) is 0 Å². The van der Waals surface area contributed by atoms with Crippen LogP contribution in [-0.2, 0) is 9.73 Å². The van der Waals surface area contributed by atoms with Gasteiger partial charge in [-0.25, -0.2) is 8.99 Å². The van der Waals surface area contributed by atoms with Crippen molar-refractivity contribution in [2.75, 3.05) is 12.4 Å². The molecule has 0 aliphatic heterocycles. The number of rotatable bonds is 4. The second-order valence-corrected chi connectivity index (χ2v) is 5.94. The molecule has 0 bridgehead atoms. The normalized spacial score (nSPS) is 15.2. The summed E-state index contributed by atoms with van der Waals surface area (Å²) in [4.78, 5) is 4.38. The lowest BCUT2D eigenvalue weighted by molar-refractivity contribution is 0.321. The summed E-state index contributed by atoms with van der Waals surface area (Å²) in [6.07, 6.45) is 3.15. The van der Waals surface area contributed by atoms with Gasteiger partial charge >= 0.3 is 0 Å². The van der Waals surface area contributed by atoms with Crippen LogP contribution in [0.2, 0.25) is 0 Å². The fraction of sp³-hybridized carbons (Fsp3) is 0.500. The first-order chi connectivity index (χ1) is 6.97. The fourth-order valence-corrected chi connectivity index (χ4v) is 2.23. The van der Waals surface area contributed by atoms with Gasteiger partial charge in [0.2, 0.25) is 0 Å². The highest BCUT2D eigenvalue weighted by Crippen LogP contribution is 2.18. The van der Waals surface area contributed by atoms with E-state index in [0.29, 0.717) is 10.8 Å². The summed E-state index contributed by atoms with van der Waals surface area (Å²) in [5.41, 5.74) is 0.963. The molecule has 84 valence electrons. The summed E-state index contributed by atoms with van der Waals surface area (Å²) in [6, 6.07) is 1.74. The average molecular weight is 228 g/mol. The minimum Gasteiger partial charge on any atom is -0.395 e. The maximum Gasteiger partial charge on any atom is 0.0764 e. The molecule has 1 unspecified atom stereocenters. The van der Waals surface area contributed by atoms with Gasteiger partial charge in [0.05, 0.1) is 27.0 Å². The summed E-state index contributed by atoms with van der Waals surface area (Å²) in [5, 5.41) is 8.72. The first-order valence-corrected chi connectivity index (χ1v) is 6.52. The highest BCUT2D eigenvalue weighted by Gasteiger charge is 2.11. The molecule has 0 aliphatic rings. The van der Waals surface area contributed by atoms with Crippen molar-refractivity contribution in [1.82, 2.24) is 4.98 Å². The smallest absolute Gasteiger partial charge is 0.0764 e. The van der Waals surface area contributed by atoms with Crippen LogP contribution >= 0.6 is 0 Å². The highest BCUT2D eigenvalue weighted by molar-refractivity contribution is 7.92. The van der Waals surface area contributed by atoms with Crippen LogP contribution in [0.15, 0.2) is 23.4 Å². The van der Waals surface area contributed by atoms with Gasteiger partial charge in [-0.15, -0.1) is 0 Å². The fourth-order valence-electron chi connectivity index (χ4n) is 1.18. The average Bonchev–Trinajstić information content (AvgIpc) is 2.18. The van der Waals surface area contributed by atoms with E-state index in [4.69, 9.17) is 9.89 Å². The van der Waals surface area contributed by atoms with Gasteiger partial charge in [-0.1, -0.05) is 13.8 Å². The molecular weight excluding hydrogens is 212 g/mol. The lowest BCUT2D eigenvalue weighted by Crippen LogP contribution is -2.09. The molecule has 1 heterocycles. The molecule has 0 aliphatic carbocycles. The lowest BCUT2D eigenvalue weighted by Gasteiger charge is -2.09. The molecule has 15 heavy (non-hydrogen) atoms. The Labute approximate surface area is 90.3 Å². The molecule has 0 amide bonds. The quantitative estimate of drug-likeness (QED) is 0.822. The first-order valence-electron chi connectivity index (χ1n) is 4.79. The van der Waals surface area contributed by atoms with E-state index in [1.54, 1.807) is 12.3 Å². The molecule has 1 aromatic heterocycles. The summed E-state index contributed by atoms with van der Waals surface area (Å²) >= 11 is 0. The zero-order valence-electron chi connectivity index (χ0n) is 8.93. The molecule has 0 saturated carbocycles. The molecular formula is C10H16N2O2S. The third-order valence-electron chi connectivity index (χ3n) is 2.16. The molecule has 1 aromatic rings.